The number of rotatable bonds is 8. The Morgan fingerprint density at radius 3 is 2.67 bits per heavy atom. The fourth-order valence-electron chi connectivity index (χ4n) is 1.83. The van der Waals surface area contributed by atoms with Crippen molar-refractivity contribution in [2.45, 2.75) is 51.8 Å². The Hall–Kier alpha value is -1.12. The van der Waals surface area contributed by atoms with Gasteiger partial charge in [-0.25, -0.2) is 0 Å². The SMILES string of the molecule is CCC[C@H](O)C/C=C\[C@H](C)NCc1ccccc1. The van der Waals surface area contributed by atoms with Crippen LogP contribution in [0.3, 0.4) is 0 Å². The monoisotopic (exact) mass is 247 g/mol. The highest BCUT2D eigenvalue weighted by Crippen LogP contribution is 2.03. The summed E-state index contributed by atoms with van der Waals surface area (Å²) in [5.74, 6) is 0. The largest absolute Gasteiger partial charge is 0.393 e. The van der Waals surface area contributed by atoms with Gasteiger partial charge in [0.2, 0.25) is 0 Å². The maximum atomic E-state index is 9.60. The molecule has 1 aromatic carbocycles. The quantitative estimate of drug-likeness (QED) is 0.691. The van der Waals surface area contributed by atoms with Crippen molar-refractivity contribution in [1.82, 2.24) is 5.32 Å². The zero-order valence-electron chi connectivity index (χ0n) is 11.5. The molecule has 1 aromatic rings. The Morgan fingerprint density at radius 1 is 1.28 bits per heavy atom. The van der Waals surface area contributed by atoms with Crippen LogP contribution in [0.25, 0.3) is 0 Å². The Kier molecular flexibility index (Phi) is 7.38. The number of nitrogens with one attached hydrogen (secondary N) is 1. The van der Waals surface area contributed by atoms with E-state index in [1.54, 1.807) is 0 Å². The molecule has 0 saturated heterocycles. The van der Waals surface area contributed by atoms with Crippen LogP contribution in [-0.2, 0) is 6.54 Å². The van der Waals surface area contributed by atoms with E-state index in [0.29, 0.717) is 6.04 Å². The predicted octanol–water partition coefficient (Wildman–Crippen LogP) is 3.27. The Morgan fingerprint density at radius 2 is 2.00 bits per heavy atom. The first kappa shape index (κ1) is 14.9. The van der Waals surface area contributed by atoms with E-state index in [2.05, 4.69) is 55.6 Å². The summed E-state index contributed by atoms with van der Waals surface area (Å²) in [5, 5.41) is 13.0. The first-order chi connectivity index (χ1) is 8.72. The number of hydrogen-bond acceptors (Lipinski definition) is 2. The van der Waals surface area contributed by atoms with Crippen molar-refractivity contribution in [2.24, 2.45) is 0 Å². The third-order valence-electron chi connectivity index (χ3n) is 2.93. The zero-order valence-corrected chi connectivity index (χ0v) is 11.5. The van der Waals surface area contributed by atoms with Gasteiger partial charge >= 0.3 is 0 Å². The molecular weight excluding hydrogens is 222 g/mol. The second-order valence-corrected chi connectivity index (χ2v) is 4.76. The van der Waals surface area contributed by atoms with Gasteiger partial charge in [-0.3, -0.25) is 0 Å². The topological polar surface area (TPSA) is 32.3 Å². The van der Waals surface area contributed by atoms with Crippen molar-refractivity contribution in [3.8, 4) is 0 Å². The number of hydrogen-bond donors (Lipinski definition) is 2. The first-order valence-corrected chi connectivity index (χ1v) is 6.84. The van der Waals surface area contributed by atoms with Crippen LogP contribution in [0.5, 0.6) is 0 Å². The second kappa shape index (κ2) is 8.90. The summed E-state index contributed by atoms with van der Waals surface area (Å²) in [6.45, 7) is 5.10. The van der Waals surface area contributed by atoms with Gasteiger partial charge in [-0.1, -0.05) is 55.8 Å². The van der Waals surface area contributed by atoms with Crippen LogP contribution in [0, 0.1) is 0 Å². The van der Waals surface area contributed by atoms with E-state index in [9.17, 15) is 5.11 Å². The van der Waals surface area contributed by atoms with Gasteiger partial charge in [0.1, 0.15) is 0 Å². The summed E-state index contributed by atoms with van der Waals surface area (Å²) in [5.41, 5.74) is 1.30. The lowest BCUT2D eigenvalue weighted by molar-refractivity contribution is 0.166. The van der Waals surface area contributed by atoms with Crippen LogP contribution < -0.4 is 5.32 Å². The molecule has 0 aliphatic heterocycles. The van der Waals surface area contributed by atoms with Crippen molar-refractivity contribution in [2.75, 3.05) is 0 Å². The molecule has 0 spiro atoms. The maximum Gasteiger partial charge on any atom is 0.0574 e. The summed E-state index contributed by atoms with van der Waals surface area (Å²) in [6.07, 6.45) is 6.69. The van der Waals surface area contributed by atoms with Crippen LogP contribution in [0.4, 0.5) is 0 Å². The van der Waals surface area contributed by atoms with Gasteiger partial charge in [0.05, 0.1) is 6.10 Å². The van der Waals surface area contributed by atoms with Gasteiger partial charge in [0, 0.05) is 12.6 Å². The highest BCUT2D eigenvalue weighted by molar-refractivity contribution is 5.14. The molecule has 0 bridgehead atoms. The summed E-state index contributed by atoms with van der Waals surface area (Å²) in [4.78, 5) is 0. The van der Waals surface area contributed by atoms with Crippen LogP contribution in [0.15, 0.2) is 42.5 Å². The number of benzene rings is 1. The molecule has 1 rings (SSSR count). The van der Waals surface area contributed by atoms with Crippen molar-refractivity contribution in [3.05, 3.63) is 48.0 Å². The predicted molar refractivity (Wildman–Crippen MR) is 77.4 cm³/mol. The molecule has 100 valence electrons. The fraction of sp³-hybridized carbons (Fsp3) is 0.500. The van der Waals surface area contributed by atoms with E-state index in [1.165, 1.54) is 5.56 Å². The van der Waals surface area contributed by atoms with E-state index in [0.717, 1.165) is 25.8 Å². The normalized spacial score (nSPS) is 14.8. The van der Waals surface area contributed by atoms with Crippen LogP contribution in [0.1, 0.15) is 38.7 Å². The van der Waals surface area contributed by atoms with Crippen molar-refractivity contribution < 1.29 is 5.11 Å². The zero-order chi connectivity index (χ0) is 13.2. The lowest BCUT2D eigenvalue weighted by Gasteiger charge is -2.10. The van der Waals surface area contributed by atoms with E-state index in [-0.39, 0.29) is 6.10 Å². The van der Waals surface area contributed by atoms with E-state index >= 15 is 0 Å². The van der Waals surface area contributed by atoms with Gasteiger partial charge in [0.15, 0.2) is 0 Å². The van der Waals surface area contributed by atoms with Crippen molar-refractivity contribution in [1.29, 1.82) is 0 Å². The maximum absolute atomic E-state index is 9.60. The number of aliphatic hydroxyl groups is 1. The highest BCUT2D eigenvalue weighted by Gasteiger charge is 2.00. The summed E-state index contributed by atoms with van der Waals surface area (Å²) in [7, 11) is 0. The smallest absolute Gasteiger partial charge is 0.0574 e. The molecular formula is C16H25NO. The average molecular weight is 247 g/mol. The lowest BCUT2D eigenvalue weighted by Crippen LogP contribution is -2.23. The molecule has 0 unspecified atom stereocenters. The summed E-state index contributed by atoms with van der Waals surface area (Å²) >= 11 is 0. The number of aliphatic hydroxyl groups excluding tert-OH is 1. The lowest BCUT2D eigenvalue weighted by atomic mass is 10.1. The van der Waals surface area contributed by atoms with Crippen molar-refractivity contribution in [3.63, 3.8) is 0 Å². The average Bonchev–Trinajstić information content (AvgIpc) is 2.38. The molecule has 0 aromatic heterocycles. The van der Waals surface area contributed by atoms with Gasteiger partial charge in [-0.2, -0.15) is 0 Å². The standard InChI is InChI=1S/C16H25NO/c1-3-8-16(18)12-7-9-14(2)17-13-15-10-5-4-6-11-15/h4-7,9-11,14,16-18H,3,8,12-13H2,1-2H3/b9-7-/t14-,16-/m0/s1. The molecule has 0 heterocycles. The Balaban J connectivity index is 2.21. The molecule has 2 heteroatoms. The van der Waals surface area contributed by atoms with Crippen LogP contribution in [-0.4, -0.2) is 17.3 Å². The van der Waals surface area contributed by atoms with Gasteiger partial charge < -0.3 is 10.4 Å². The molecule has 0 aliphatic rings. The molecule has 2 atom stereocenters. The molecule has 0 amide bonds. The van der Waals surface area contributed by atoms with E-state index in [4.69, 9.17) is 0 Å². The van der Waals surface area contributed by atoms with Crippen LogP contribution >= 0.6 is 0 Å². The second-order valence-electron chi connectivity index (χ2n) is 4.76. The minimum Gasteiger partial charge on any atom is -0.393 e. The van der Waals surface area contributed by atoms with Gasteiger partial charge in [0.25, 0.3) is 0 Å². The van der Waals surface area contributed by atoms with Gasteiger partial charge in [-0.15, -0.1) is 0 Å². The third-order valence-corrected chi connectivity index (χ3v) is 2.93. The molecule has 0 fully saturated rings. The Bertz CT molecular complexity index is 334. The molecule has 2 nitrogen and oxygen atoms in total. The summed E-state index contributed by atoms with van der Waals surface area (Å²) < 4.78 is 0. The fourth-order valence-corrected chi connectivity index (χ4v) is 1.83. The van der Waals surface area contributed by atoms with Crippen molar-refractivity contribution >= 4 is 0 Å². The van der Waals surface area contributed by atoms with E-state index < -0.39 is 0 Å². The molecule has 2 N–H and O–H groups in total. The molecule has 18 heavy (non-hydrogen) atoms. The van der Waals surface area contributed by atoms with E-state index in [1.807, 2.05) is 6.07 Å². The third kappa shape index (κ3) is 6.58. The minimum atomic E-state index is -0.187. The van der Waals surface area contributed by atoms with Gasteiger partial charge in [-0.05, 0) is 25.3 Å². The summed E-state index contributed by atoms with van der Waals surface area (Å²) in [6, 6.07) is 10.7. The first-order valence-electron chi connectivity index (χ1n) is 6.84. The molecule has 0 saturated carbocycles. The molecule has 0 aliphatic carbocycles. The van der Waals surface area contributed by atoms with Crippen LogP contribution in [0.2, 0.25) is 0 Å². The Labute approximate surface area is 111 Å². The highest BCUT2D eigenvalue weighted by atomic mass is 16.3. The molecule has 0 radical (unpaired) electrons. The minimum absolute atomic E-state index is 0.187.